The number of benzene rings is 2. The maximum atomic E-state index is 12.0. The van der Waals surface area contributed by atoms with Gasteiger partial charge in [0.2, 0.25) is 5.82 Å². The Morgan fingerprint density at radius 3 is 2.93 bits per heavy atom. The molecule has 29 heavy (non-hydrogen) atoms. The Bertz CT molecular complexity index is 1150. The monoisotopic (exact) mass is 454 g/mol. The number of amides is 1. The summed E-state index contributed by atoms with van der Waals surface area (Å²) in [5.74, 6) is -0.300. The Hall–Kier alpha value is -3.98. The van der Waals surface area contributed by atoms with E-state index in [1.54, 1.807) is 30.3 Å². The van der Waals surface area contributed by atoms with Crippen LogP contribution in [0.5, 0.6) is 0 Å². The molecule has 0 saturated heterocycles. The van der Waals surface area contributed by atoms with E-state index in [9.17, 15) is 14.9 Å². The average Bonchev–Trinajstić information content (AvgIpc) is 3.17. The highest BCUT2D eigenvalue weighted by Crippen LogP contribution is 2.24. The van der Waals surface area contributed by atoms with Crippen molar-refractivity contribution in [3.8, 4) is 17.5 Å². The number of nitrogens with one attached hydrogen (secondary N) is 1. The summed E-state index contributed by atoms with van der Waals surface area (Å²) in [6, 6.07) is 13.2. The first-order chi connectivity index (χ1) is 14.0. The summed E-state index contributed by atoms with van der Waals surface area (Å²) in [6.07, 6.45) is 1.28. The van der Waals surface area contributed by atoms with Crippen molar-refractivity contribution >= 4 is 33.7 Å². The fraction of sp³-hybridized carbons (Fsp3) is 0.0588. The molecule has 0 unspecified atom stereocenters. The second-order valence-corrected chi connectivity index (χ2v) is 6.42. The molecule has 0 aliphatic rings. The zero-order chi connectivity index (χ0) is 20.8. The maximum Gasteiger partial charge on any atom is 0.284 e. The maximum absolute atomic E-state index is 12.0. The molecule has 12 heteroatoms. The van der Waals surface area contributed by atoms with Crippen molar-refractivity contribution in [3.63, 3.8) is 0 Å². The molecule has 0 spiro atoms. The Kier molecular flexibility index (Phi) is 6.00. The van der Waals surface area contributed by atoms with Gasteiger partial charge in [-0.3, -0.25) is 14.9 Å². The third-order valence-corrected chi connectivity index (χ3v) is 4.27. The van der Waals surface area contributed by atoms with Gasteiger partial charge in [0.15, 0.2) is 0 Å². The van der Waals surface area contributed by atoms with Gasteiger partial charge in [0, 0.05) is 17.2 Å². The van der Waals surface area contributed by atoms with Crippen molar-refractivity contribution in [2.45, 2.75) is 6.54 Å². The van der Waals surface area contributed by atoms with Gasteiger partial charge in [-0.1, -0.05) is 18.2 Å². The van der Waals surface area contributed by atoms with E-state index >= 15 is 0 Å². The molecular formula is C17H11BrN8O3. The van der Waals surface area contributed by atoms with Gasteiger partial charge in [0.1, 0.15) is 6.54 Å². The summed E-state index contributed by atoms with van der Waals surface area (Å²) in [4.78, 5) is 23.4. The standard InChI is InChI=1S/C17H11BrN8O3/c18-14-6-5-11(7-15(14)26(28)29)9-20-21-16(27)10-25-23-17(22-24-25)13-4-2-1-3-12(13)8-19/h1-7,9H,10H2,(H,21,27)/b20-9+. The quantitative estimate of drug-likeness (QED) is 0.339. The molecule has 0 aliphatic heterocycles. The van der Waals surface area contributed by atoms with E-state index in [1.807, 2.05) is 6.07 Å². The number of nitro benzene ring substituents is 1. The predicted molar refractivity (Wildman–Crippen MR) is 105 cm³/mol. The number of nitro groups is 1. The van der Waals surface area contributed by atoms with Gasteiger partial charge in [-0.15, -0.1) is 10.2 Å². The first-order valence-electron chi connectivity index (χ1n) is 8.01. The molecule has 0 bridgehead atoms. The van der Waals surface area contributed by atoms with E-state index in [0.717, 1.165) is 4.80 Å². The smallest absolute Gasteiger partial charge is 0.271 e. The first kappa shape index (κ1) is 19.8. The molecule has 3 aromatic rings. The molecule has 3 rings (SSSR count). The molecule has 0 saturated carbocycles. The summed E-state index contributed by atoms with van der Waals surface area (Å²) in [6.45, 7) is -0.250. The van der Waals surface area contributed by atoms with E-state index in [2.05, 4.69) is 41.9 Å². The summed E-state index contributed by atoms with van der Waals surface area (Å²) < 4.78 is 0.342. The molecule has 1 N–H and O–H groups in total. The Labute approximate surface area is 171 Å². The summed E-state index contributed by atoms with van der Waals surface area (Å²) >= 11 is 3.09. The van der Waals surface area contributed by atoms with Crippen LogP contribution < -0.4 is 5.43 Å². The van der Waals surface area contributed by atoms with Crippen LogP contribution in [0.4, 0.5) is 5.69 Å². The van der Waals surface area contributed by atoms with Crippen LogP contribution >= 0.6 is 15.9 Å². The molecule has 1 amide bonds. The van der Waals surface area contributed by atoms with E-state index in [4.69, 9.17) is 5.26 Å². The Morgan fingerprint density at radius 1 is 1.38 bits per heavy atom. The number of hydrazone groups is 1. The third kappa shape index (κ3) is 4.85. The van der Waals surface area contributed by atoms with E-state index in [1.165, 1.54) is 18.3 Å². The Balaban J connectivity index is 1.63. The molecular weight excluding hydrogens is 444 g/mol. The third-order valence-electron chi connectivity index (χ3n) is 3.60. The van der Waals surface area contributed by atoms with Gasteiger partial charge in [0.05, 0.1) is 27.2 Å². The number of nitriles is 1. The molecule has 11 nitrogen and oxygen atoms in total. The number of hydrogen-bond acceptors (Lipinski definition) is 8. The zero-order valence-corrected chi connectivity index (χ0v) is 16.1. The van der Waals surface area contributed by atoms with Crippen LogP contribution in [-0.2, 0) is 11.3 Å². The fourth-order valence-corrected chi connectivity index (χ4v) is 2.68. The molecule has 0 aliphatic carbocycles. The fourth-order valence-electron chi connectivity index (χ4n) is 2.29. The number of carbonyl (C=O) groups is 1. The minimum absolute atomic E-state index is 0.114. The second kappa shape index (κ2) is 8.81. The summed E-state index contributed by atoms with van der Waals surface area (Å²) in [5, 5.41) is 35.6. The van der Waals surface area contributed by atoms with Crippen molar-refractivity contribution in [1.82, 2.24) is 25.6 Å². The molecule has 1 aromatic heterocycles. The van der Waals surface area contributed by atoms with Crippen molar-refractivity contribution in [3.05, 3.63) is 68.2 Å². The van der Waals surface area contributed by atoms with Crippen LogP contribution in [0.2, 0.25) is 0 Å². The number of halogens is 1. The normalized spacial score (nSPS) is 10.6. The molecule has 0 radical (unpaired) electrons. The number of rotatable bonds is 6. The van der Waals surface area contributed by atoms with Gasteiger partial charge in [0.25, 0.3) is 11.6 Å². The van der Waals surface area contributed by atoms with E-state index in [-0.39, 0.29) is 18.1 Å². The van der Waals surface area contributed by atoms with Crippen LogP contribution in [0.25, 0.3) is 11.4 Å². The largest absolute Gasteiger partial charge is 0.284 e. The second-order valence-electron chi connectivity index (χ2n) is 5.56. The minimum atomic E-state index is -0.529. The van der Waals surface area contributed by atoms with Gasteiger partial charge >= 0.3 is 0 Å². The Morgan fingerprint density at radius 2 is 2.17 bits per heavy atom. The lowest BCUT2D eigenvalue weighted by atomic mass is 10.1. The van der Waals surface area contributed by atoms with Crippen molar-refractivity contribution in [2.75, 3.05) is 0 Å². The number of hydrogen-bond donors (Lipinski definition) is 1. The molecule has 2 aromatic carbocycles. The van der Waals surface area contributed by atoms with E-state index < -0.39 is 10.8 Å². The number of tetrazole rings is 1. The minimum Gasteiger partial charge on any atom is -0.271 e. The number of aromatic nitrogens is 4. The van der Waals surface area contributed by atoms with Crippen molar-refractivity contribution in [2.24, 2.45) is 5.10 Å². The zero-order valence-electron chi connectivity index (χ0n) is 14.6. The van der Waals surface area contributed by atoms with E-state index in [0.29, 0.717) is 21.2 Å². The lowest BCUT2D eigenvalue weighted by molar-refractivity contribution is -0.385. The molecule has 0 fully saturated rings. The topological polar surface area (TPSA) is 152 Å². The van der Waals surface area contributed by atoms with Crippen LogP contribution in [0.1, 0.15) is 11.1 Å². The lowest BCUT2D eigenvalue weighted by Crippen LogP contribution is -2.24. The van der Waals surface area contributed by atoms with Crippen LogP contribution in [0.15, 0.2) is 52.0 Å². The first-order valence-corrected chi connectivity index (χ1v) is 8.80. The van der Waals surface area contributed by atoms with Crippen molar-refractivity contribution < 1.29 is 9.72 Å². The van der Waals surface area contributed by atoms with Crippen LogP contribution in [0.3, 0.4) is 0 Å². The summed E-state index contributed by atoms with van der Waals surface area (Å²) in [7, 11) is 0. The SMILES string of the molecule is N#Cc1ccccc1-c1nnn(CC(=O)N/N=C/c2ccc(Br)c([N+](=O)[O-])c2)n1. The molecule has 144 valence electrons. The highest BCUT2D eigenvalue weighted by molar-refractivity contribution is 9.10. The van der Waals surface area contributed by atoms with Crippen molar-refractivity contribution in [1.29, 1.82) is 5.26 Å². The lowest BCUT2D eigenvalue weighted by Gasteiger charge is -1.99. The van der Waals surface area contributed by atoms with Crippen LogP contribution in [0, 0.1) is 21.4 Å². The number of carbonyl (C=O) groups excluding carboxylic acids is 1. The molecule has 1 heterocycles. The van der Waals surface area contributed by atoms with Gasteiger partial charge < -0.3 is 0 Å². The summed E-state index contributed by atoms with van der Waals surface area (Å²) in [5.41, 5.74) is 3.51. The average molecular weight is 455 g/mol. The van der Waals surface area contributed by atoms with Gasteiger partial charge in [-0.05, 0) is 39.3 Å². The highest BCUT2D eigenvalue weighted by atomic mass is 79.9. The predicted octanol–water partition coefficient (Wildman–Crippen LogP) is 2.03. The van der Waals surface area contributed by atoms with Gasteiger partial charge in [-0.2, -0.15) is 15.2 Å². The highest BCUT2D eigenvalue weighted by Gasteiger charge is 2.13. The van der Waals surface area contributed by atoms with Gasteiger partial charge in [-0.25, -0.2) is 5.43 Å². The number of nitrogens with zero attached hydrogens (tertiary/aromatic N) is 7. The molecule has 0 atom stereocenters. The van der Waals surface area contributed by atoms with Crippen LogP contribution in [-0.4, -0.2) is 37.3 Å².